The van der Waals surface area contributed by atoms with Crippen LogP contribution in [-0.2, 0) is 32.4 Å². The first kappa shape index (κ1) is 32.8. The molecule has 5 heterocycles. The van der Waals surface area contributed by atoms with E-state index in [1.165, 1.54) is 0 Å². The average molecular weight is 681 g/mol. The van der Waals surface area contributed by atoms with E-state index in [9.17, 15) is 33.2 Å². The van der Waals surface area contributed by atoms with Crippen molar-refractivity contribution in [3.8, 4) is 0 Å². The van der Waals surface area contributed by atoms with E-state index in [0.717, 1.165) is 35.0 Å². The average Bonchev–Trinajstić information content (AvgIpc) is 3.65. The second kappa shape index (κ2) is 13.0. The second-order valence-corrected chi connectivity index (χ2v) is 11.7. The number of phosphoric ester groups is 1. The van der Waals surface area contributed by atoms with Gasteiger partial charge in [0.05, 0.1) is 19.3 Å². The number of anilines is 2. The number of imidazole rings is 2. The van der Waals surface area contributed by atoms with E-state index < -0.39 is 77.8 Å². The lowest BCUT2D eigenvalue weighted by atomic mass is 10.1. The number of aliphatic hydroxyl groups is 1. The van der Waals surface area contributed by atoms with Crippen LogP contribution in [0.5, 0.6) is 0 Å². The van der Waals surface area contributed by atoms with Gasteiger partial charge in [-0.25, -0.2) is 28.9 Å². The molecule has 1 aliphatic heterocycles. The number of nitrogens with two attached hydrogens (primary N) is 2. The Labute approximate surface area is 249 Å². The lowest BCUT2D eigenvalue weighted by molar-refractivity contribution is -0.246. The van der Waals surface area contributed by atoms with Crippen LogP contribution in [0.1, 0.15) is 19.4 Å². The minimum Gasteiger partial charge on any atom is -0.382 e. The maximum absolute atomic E-state index is 15.7. The van der Waals surface area contributed by atoms with Crippen LogP contribution < -0.4 is 17.0 Å². The zero-order valence-electron chi connectivity index (χ0n) is 22.7. The van der Waals surface area contributed by atoms with Crippen LogP contribution in [0.25, 0.3) is 22.3 Å². The van der Waals surface area contributed by atoms with Crippen molar-refractivity contribution in [1.82, 2.24) is 39.0 Å². The number of hydrogen-bond donors (Lipinski definition) is 6. The summed E-state index contributed by atoms with van der Waals surface area (Å²) < 4.78 is 81.4. The van der Waals surface area contributed by atoms with E-state index in [-0.39, 0.29) is 34.1 Å². The monoisotopic (exact) mass is 681 g/mol. The van der Waals surface area contributed by atoms with Gasteiger partial charge in [0.2, 0.25) is 5.95 Å². The molecular formula is C20H25F2N10O11P2+. The number of H-pyrrole nitrogens is 1. The van der Waals surface area contributed by atoms with Gasteiger partial charge in [0.1, 0.15) is 30.2 Å². The van der Waals surface area contributed by atoms with Crippen molar-refractivity contribution >= 4 is 49.9 Å². The molecule has 21 nitrogen and oxygen atoms in total. The Bertz CT molecular complexity index is 1810. The molecule has 0 spiro atoms. The number of ether oxygens (including phenoxy) is 3. The first-order chi connectivity index (χ1) is 21.3. The Hall–Kier alpha value is -3.63. The van der Waals surface area contributed by atoms with Crippen molar-refractivity contribution in [2.45, 2.75) is 50.4 Å². The highest BCUT2D eigenvalue weighted by Gasteiger charge is 2.49. The number of fused-ring (bicyclic) bond motifs is 2. The minimum absolute atomic E-state index is 0.00177. The molecule has 1 fully saturated rings. The predicted octanol–water partition coefficient (Wildman–Crippen LogP) is -0.280. The highest BCUT2D eigenvalue weighted by Crippen LogP contribution is 2.48. The molecule has 5 unspecified atom stereocenters. The number of halogens is 2. The number of rotatable bonds is 13. The molecular weight excluding hydrogens is 656 g/mol. The molecule has 0 saturated carbocycles. The number of aliphatic hydroxyl groups excluding tert-OH is 1. The smallest absolute Gasteiger partial charge is 0.382 e. The van der Waals surface area contributed by atoms with Gasteiger partial charge >= 0.3 is 22.4 Å². The van der Waals surface area contributed by atoms with E-state index in [1.807, 2.05) is 0 Å². The SMILES string of the molecule is CC(OP(=O)(O)OC[C@H]1O[C@@H](n2cnc3c(N)ncnc32)C(F)[C@H]1OC[P+](=O)O)[C@@H](OC(O)F)n1cnc2c(=O)[nH]c(N)nc21. The minimum atomic E-state index is -5.14. The highest BCUT2D eigenvalue weighted by atomic mass is 31.2. The van der Waals surface area contributed by atoms with Crippen molar-refractivity contribution in [3.63, 3.8) is 0 Å². The van der Waals surface area contributed by atoms with Gasteiger partial charge in [0.15, 0.2) is 41.3 Å². The fraction of sp³-hybridized carbons (Fsp3) is 0.500. The molecule has 5 rings (SSSR count). The molecule has 0 aromatic carbocycles. The third kappa shape index (κ3) is 6.97. The molecule has 0 bridgehead atoms. The summed E-state index contributed by atoms with van der Waals surface area (Å²) in [6.45, 7) is -2.67. The van der Waals surface area contributed by atoms with Gasteiger partial charge in [-0.05, 0) is 11.5 Å². The Balaban J connectivity index is 1.34. The van der Waals surface area contributed by atoms with Crippen LogP contribution in [0.4, 0.5) is 20.5 Å². The van der Waals surface area contributed by atoms with Crippen molar-refractivity contribution in [2.24, 2.45) is 0 Å². The summed E-state index contributed by atoms with van der Waals surface area (Å²) in [5.74, 6) is -0.344. The number of phosphoric acid groups is 1. The number of alkyl halides is 2. The van der Waals surface area contributed by atoms with Crippen LogP contribution in [0.15, 0.2) is 23.8 Å². The number of nitrogens with zero attached hydrogens (tertiary/aromatic N) is 7. The first-order valence-corrected chi connectivity index (χ1v) is 15.5. The largest absolute Gasteiger partial charge is 0.534 e. The molecule has 45 heavy (non-hydrogen) atoms. The van der Waals surface area contributed by atoms with Gasteiger partial charge in [-0.15, -0.1) is 0 Å². The molecule has 1 saturated heterocycles. The molecule has 1 aliphatic rings. The first-order valence-electron chi connectivity index (χ1n) is 12.6. The van der Waals surface area contributed by atoms with Gasteiger partial charge in [-0.1, -0.05) is 0 Å². The molecule has 244 valence electrons. The zero-order chi connectivity index (χ0) is 32.6. The molecule has 0 radical (unpaired) electrons. The van der Waals surface area contributed by atoms with Crippen LogP contribution in [0.2, 0.25) is 0 Å². The summed E-state index contributed by atoms with van der Waals surface area (Å²) in [6.07, 6.45) is -7.56. The number of aromatic nitrogens is 8. The quantitative estimate of drug-likeness (QED) is 0.0780. The standard InChI is InChI=1S/C20H24F2N10O11P2/c1-7(17(42-19(22)34)32-5-28-11-15(32)29-20(24)30-16(11)33)43-45(37,38)40-2-8-12(39-6-44(35)36)9(21)18(41-8)31-4-27-10-13(23)25-3-26-14(10)31/h3-5,7-9,12,17-19,34H,2,6H2,1H3,(H6-,23,24,25,26,29,30,33,35,36,37,38)/p+1/t7?,8-,9?,12+,17-,18-,19?/m1/s1. The zero-order valence-corrected chi connectivity index (χ0v) is 24.5. The molecule has 4 aromatic heterocycles. The number of nitrogens with one attached hydrogen (secondary N) is 1. The van der Waals surface area contributed by atoms with Gasteiger partial charge < -0.3 is 30.9 Å². The molecule has 4 aromatic rings. The van der Waals surface area contributed by atoms with E-state index in [1.54, 1.807) is 0 Å². The van der Waals surface area contributed by atoms with Gasteiger partial charge in [0, 0.05) is 0 Å². The summed E-state index contributed by atoms with van der Waals surface area (Å²) in [6, 6.07) is 0. The van der Waals surface area contributed by atoms with Crippen LogP contribution in [0, 0.1) is 0 Å². The predicted molar refractivity (Wildman–Crippen MR) is 144 cm³/mol. The summed E-state index contributed by atoms with van der Waals surface area (Å²) in [7, 11) is -8.01. The third-order valence-electron chi connectivity index (χ3n) is 6.39. The maximum atomic E-state index is 15.7. The summed E-state index contributed by atoms with van der Waals surface area (Å²) in [5.41, 5.74) is 10.3. The number of hydrogen-bond acceptors (Lipinski definition) is 16. The van der Waals surface area contributed by atoms with E-state index >= 15 is 4.39 Å². The molecule has 8 N–H and O–H groups in total. The summed E-state index contributed by atoms with van der Waals surface area (Å²) in [4.78, 5) is 53.6. The van der Waals surface area contributed by atoms with Crippen molar-refractivity contribution in [2.75, 3.05) is 24.4 Å². The fourth-order valence-electron chi connectivity index (χ4n) is 4.56. The van der Waals surface area contributed by atoms with Gasteiger partial charge in [-0.2, -0.15) is 14.3 Å². The van der Waals surface area contributed by atoms with Gasteiger partial charge in [-0.3, -0.25) is 32.7 Å². The summed E-state index contributed by atoms with van der Waals surface area (Å²) >= 11 is 0. The molecule has 25 heteroatoms. The number of nitrogen functional groups attached to an aromatic ring is 2. The fourth-order valence-corrected chi connectivity index (χ4v) is 5.78. The normalized spacial score (nSPS) is 24.1. The Morgan fingerprint density at radius 3 is 2.67 bits per heavy atom. The van der Waals surface area contributed by atoms with Crippen LogP contribution in [-0.4, -0.2) is 97.9 Å². The molecule has 0 amide bonds. The van der Waals surface area contributed by atoms with Crippen LogP contribution >= 0.6 is 15.9 Å². The lowest BCUT2D eigenvalue weighted by Crippen LogP contribution is -2.34. The van der Waals surface area contributed by atoms with E-state index in [4.69, 9.17) is 34.7 Å². The molecule has 9 atom stereocenters. The Morgan fingerprint density at radius 1 is 1.22 bits per heavy atom. The van der Waals surface area contributed by atoms with Crippen molar-refractivity contribution in [1.29, 1.82) is 0 Å². The Morgan fingerprint density at radius 2 is 1.96 bits per heavy atom. The second-order valence-electron chi connectivity index (χ2n) is 9.37. The maximum Gasteiger partial charge on any atom is 0.534 e. The van der Waals surface area contributed by atoms with Crippen LogP contribution in [0.3, 0.4) is 0 Å². The van der Waals surface area contributed by atoms with Crippen molar-refractivity contribution < 1.29 is 56.1 Å². The topological polar surface area (TPSA) is 300 Å². The lowest BCUT2D eigenvalue weighted by Gasteiger charge is -2.27. The summed E-state index contributed by atoms with van der Waals surface area (Å²) in [5, 5.41) is 9.24. The third-order valence-corrected chi connectivity index (χ3v) is 7.83. The highest BCUT2D eigenvalue weighted by molar-refractivity contribution is 7.47. The number of aromatic amines is 1. The van der Waals surface area contributed by atoms with E-state index in [0.29, 0.717) is 0 Å². The van der Waals surface area contributed by atoms with E-state index in [2.05, 4.69) is 29.9 Å². The van der Waals surface area contributed by atoms with Crippen molar-refractivity contribution in [3.05, 3.63) is 29.3 Å². The Kier molecular flexibility index (Phi) is 9.46. The van der Waals surface area contributed by atoms with Gasteiger partial charge in [0.25, 0.3) is 11.9 Å². The molecule has 0 aliphatic carbocycles.